The largest absolute Gasteiger partial charge is 0.480 e. The molecule has 0 heterocycles. The van der Waals surface area contributed by atoms with Crippen LogP contribution in [0.15, 0.2) is 0 Å². The molecule has 0 radical (unpaired) electrons. The van der Waals surface area contributed by atoms with Gasteiger partial charge in [0, 0.05) is 0 Å². The van der Waals surface area contributed by atoms with Crippen LogP contribution in [0.4, 0.5) is 13.2 Å². The van der Waals surface area contributed by atoms with Crippen LogP contribution in [0, 0.1) is 0 Å². The Morgan fingerprint density at radius 3 is 2.19 bits per heavy atom. The van der Waals surface area contributed by atoms with Gasteiger partial charge in [0.25, 0.3) is 0 Å². The second-order valence-electron chi connectivity index (χ2n) is 3.92. The lowest BCUT2D eigenvalue weighted by Gasteiger charge is -2.28. The third kappa shape index (κ3) is 4.00. The second kappa shape index (κ2) is 6.08. The zero-order valence-electron chi connectivity index (χ0n) is 9.52. The molecule has 0 aliphatic heterocycles. The number of halogens is 3. The van der Waals surface area contributed by atoms with Crippen LogP contribution in [0.5, 0.6) is 0 Å². The van der Waals surface area contributed by atoms with Crippen LogP contribution in [-0.2, 0) is 4.79 Å². The number of nitrogens with one attached hydrogen (secondary N) is 1. The fourth-order valence-electron chi connectivity index (χ4n) is 1.19. The van der Waals surface area contributed by atoms with Gasteiger partial charge in [0.1, 0.15) is 0 Å². The number of rotatable bonds is 7. The maximum absolute atomic E-state index is 12.5. The average molecular weight is 241 g/mol. The van der Waals surface area contributed by atoms with E-state index in [0.29, 0.717) is 13.3 Å². The van der Waals surface area contributed by atoms with Crippen molar-refractivity contribution in [2.45, 2.75) is 51.2 Å². The number of hydrogen-bond donors (Lipinski definition) is 2. The van der Waals surface area contributed by atoms with Gasteiger partial charge >= 0.3 is 12.1 Å². The van der Waals surface area contributed by atoms with E-state index in [1.54, 1.807) is 0 Å². The highest BCUT2D eigenvalue weighted by Crippen LogP contribution is 2.30. The molecule has 0 aromatic rings. The van der Waals surface area contributed by atoms with Gasteiger partial charge in [0.05, 0.1) is 0 Å². The quantitative estimate of drug-likeness (QED) is 0.673. The summed E-state index contributed by atoms with van der Waals surface area (Å²) in [5.41, 5.74) is -2.85. The zero-order chi connectivity index (χ0) is 12.8. The summed E-state index contributed by atoms with van der Waals surface area (Å²) in [4.78, 5) is 10.6. The highest BCUT2D eigenvalue weighted by atomic mass is 19.4. The van der Waals surface area contributed by atoms with E-state index in [0.717, 1.165) is 19.3 Å². The van der Waals surface area contributed by atoms with Crippen molar-refractivity contribution in [1.82, 2.24) is 5.32 Å². The molecular weight excluding hydrogens is 223 g/mol. The minimum atomic E-state index is -4.79. The minimum absolute atomic E-state index is 0.0578. The van der Waals surface area contributed by atoms with Crippen molar-refractivity contribution < 1.29 is 23.1 Å². The van der Waals surface area contributed by atoms with Gasteiger partial charge in [0.2, 0.25) is 5.54 Å². The first-order valence-corrected chi connectivity index (χ1v) is 5.31. The van der Waals surface area contributed by atoms with Crippen molar-refractivity contribution in [3.05, 3.63) is 0 Å². The van der Waals surface area contributed by atoms with Crippen molar-refractivity contribution in [2.75, 3.05) is 6.54 Å². The van der Waals surface area contributed by atoms with E-state index in [4.69, 9.17) is 5.11 Å². The molecule has 0 aromatic carbocycles. The molecule has 0 aromatic heterocycles. The highest BCUT2D eigenvalue weighted by Gasteiger charge is 2.56. The fourth-order valence-corrected chi connectivity index (χ4v) is 1.19. The smallest absolute Gasteiger partial charge is 0.417 e. The fraction of sp³-hybridized carbons (Fsp3) is 0.900. The summed E-state index contributed by atoms with van der Waals surface area (Å²) in [7, 11) is 0. The third-order valence-electron chi connectivity index (χ3n) is 2.50. The Balaban J connectivity index is 4.21. The van der Waals surface area contributed by atoms with Gasteiger partial charge in [-0.3, -0.25) is 5.32 Å². The predicted octanol–water partition coefficient (Wildman–Crippen LogP) is 2.56. The lowest BCUT2D eigenvalue weighted by molar-refractivity contribution is -0.205. The highest BCUT2D eigenvalue weighted by molar-refractivity contribution is 5.79. The summed E-state index contributed by atoms with van der Waals surface area (Å²) in [5.74, 6) is -1.89. The van der Waals surface area contributed by atoms with Gasteiger partial charge in [-0.2, -0.15) is 13.2 Å². The molecule has 96 valence electrons. The van der Waals surface area contributed by atoms with Crippen LogP contribution in [0.25, 0.3) is 0 Å². The van der Waals surface area contributed by atoms with Crippen LogP contribution in [-0.4, -0.2) is 29.3 Å². The molecule has 0 aliphatic carbocycles. The van der Waals surface area contributed by atoms with E-state index >= 15 is 0 Å². The van der Waals surface area contributed by atoms with E-state index in [-0.39, 0.29) is 6.54 Å². The Labute approximate surface area is 93.0 Å². The molecule has 16 heavy (non-hydrogen) atoms. The lowest BCUT2D eigenvalue weighted by Crippen LogP contribution is -2.60. The van der Waals surface area contributed by atoms with Crippen molar-refractivity contribution in [1.29, 1.82) is 0 Å². The lowest BCUT2D eigenvalue weighted by atomic mass is 10.0. The summed E-state index contributed by atoms with van der Waals surface area (Å²) in [6, 6.07) is 0. The Hall–Kier alpha value is -0.780. The molecule has 1 unspecified atom stereocenters. The normalized spacial score (nSPS) is 15.8. The standard InChI is InChI=1S/C10H18F3NO2/c1-3-4-5-6-7-14-9(2,8(15)16)10(11,12)13/h14H,3-7H2,1-2H3,(H,15,16). The van der Waals surface area contributed by atoms with Gasteiger partial charge in [0.15, 0.2) is 0 Å². The second-order valence-corrected chi connectivity index (χ2v) is 3.92. The van der Waals surface area contributed by atoms with Gasteiger partial charge in [-0.05, 0) is 19.9 Å². The van der Waals surface area contributed by atoms with E-state index in [9.17, 15) is 18.0 Å². The zero-order valence-corrected chi connectivity index (χ0v) is 9.52. The number of hydrogen-bond acceptors (Lipinski definition) is 2. The molecule has 0 saturated heterocycles. The summed E-state index contributed by atoms with van der Waals surface area (Å²) in [6.45, 7) is 2.70. The molecule has 0 aliphatic rings. The third-order valence-corrected chi connectivity index (χ3v) is 2.50. The number of unbranched alkanes of at least 4 members (excludes halogenated alkanes) is 3. The Morgan fingerprint density at radius 1 is 1.25 bits per heavy atom. The van der Waals surface area contributed by atoms with Gasteiger partial charge in [-0.25, -0.2) is 4.79 Å². The molecule has 1 atom stereocenters. The van der Waals surface area contributed by atoms with Crippen molar-refractivity contribution >= 4 is 5.97 Å². The summed E-state index contributed by atoms with van der Waals surface area (Å²) < 4.78 is 37.5. The Morgan fingerprint density at radius 2 is 1.81 bits per heavy atom. The molecule has 6 heteroatoms. The number of carboxylic acid groups (broad SMARTS) is 1. The monoisotopic (exact) mass is 241 g/mol. The van der Waals surface area contributed by atoms with Crippen molar-refractivity contribution in [2.24, 2.45) is 0 Å². The molecule has 3 nitrogen and oxygen atoms in total. The van der Waals surface area contributed by atoms with E-state index in [1.807, 2.05) is 6.92 Å². The van der Waals surface area contributed by atoms with Gasteiger partial charge < -0.3 is 5.11 Å². The van der Waals surface area contributed by atoms with Crippen LogP contribution in [0.3, 0.4) is 0 Å². The van der Waals surface area contributed by atoms with E-state index in [2.05, 4.69) is 5.32 Å². The number of aliphatic carboxylic acids is 1. The first kappa shape index (κ1) is 15.2. The average Bonchev–Trinajstić information content (AvgIpc) is 2.15. The molecule has 0 rings (SSSR count). The number of carbonyl (C=O) groups is 1. The SMILES string of the molecule is CCCCCCNC(C)(C(=O)O)C(F)(F)F. The van der Waals surface area contributed by atoms with Gasteiger partial charge in [-0.15, -0.1) is 0 Å². The van der Waals surface area contributed by atoms with Crippen LogP contribution in [0.1, 0.15) is 39.5 Å². The predicted molar refractivity (Wildman–Crippen MR) is 54.2 cm³/mol. The number of carboxylic acids is 1. The molecule has 0 spiro atoms. The Kier molecular flexibility index (Phi) is 5.78. The number of alkyl halides is 3. The first-order chi connectivity index (χ1) is 7.25. The summed E-state index contributed by atoms with van der Waals surface area (Å²) in [5, 5.41) is 10.7. The molecule has 0 amide bonds. The van der Waals surface area contributed by atoms with E-state index < -0.39 is 17.7 Å². The topological polar surface area (TPSA) is 49.3 Å². The first-order valence-electron chi connectivity index (χ1n) is 5.31. The summed E-state index contributed by atoms with van der Waals surface area (Å²) >= 11 is 0. The Bertz CT molecular complexity index is 231. The van der Waals surface area contributed by atoms with Crippen molar-refractivity contribution in [3.8, 4) is 0 Å². The maximum Gasteiger partial charge on any atom is 0.417 e. The van der Waals surface area contributed by atoms with Crippen LogP contribution < -0.4 is 5.32 Å². The van der Waals surface area contributed by atoms with Crippen LogP contribution in [0.2, 0.25) is 0 Å². The molecule has 0 bridgehead atoms. The van der Waals surface area contributed by atoms with Crippen molar-refractivity contribution in [3.63, 3.8) is 0 Å². The van der Waals surface area contributed by atoms with Crippen LogP contribution >= 0.6 is 0 Å². The molecular formula is C10H18F3NO2. The minimum Gasteiger partial charge on any atom is -0.480 e. The molecule has 0 saturated carbocycles. The van der Waals surface area contributed by atoms with E-state index in [1.165, 1.54) is 0 Å². The molecule has 0 fully saturated rings. The van der Waals surface area contributed by atoms with Gasteiger partial charge in [-0.1, -0.05) is 26.2 Å². The summed E-state index contributed by atoms with van der Waals surface area (Å²) in [6.07, 6.45) is -1.51. The maximum atomic E-state index is 12.5. The molecule has 2 N–H and O–H groups in total.